The third kappa shape index (κ3) is 3.02. The third-order valence-electron chi connectivity index (χ3n) is 2.08. The molecular formula is C11H13BrFNO2. The van der Waals surface area contributed by atoms with Crippen LogP contribution in [0.3, 0.4) is 0 Å². The van der Waals surface area contributed by atoms with Crippen molar-refractivity contribution in [2.45, 2.75) is 13.0 Å². The van der Waals surface area contributed by atoms with Crippen LogP contribution in [0.4, 0.5) is 4.39 Å². The van der Waals surface area contributed by atoms with Gasteiger partial charge >= 0.3 is 5.97 Å². The molecular weight excluding hydrogens is 277 g/mol. The summed E-state index contributed by atoms with van der Waals surface area (Å²) in [6.07, 6.45) is 0. The molecule has 1 aromatic rings. The molecule has 0 radical (unpaired) electrons. The summed E-state index contributed by atoms with van der Waals surface area (Å²) >= 11 is 3.28. The van der Waals surface area contributed by atoms with E-state index in [-0.39, 0.29) is 5.82 Å². The van der Waals surface area contributed by atoms with Crippen LogP contribution in [-0.4, -0.2) is 19.6 Å². The summed E-state index contributed by atoms with van der Waals surface area (Å²) < 4.78 is 18.7. The van der Waals surface area contributed by atoms with E-state index in [1.165, 1.54) is 12.1 Å². The van der Waals surface area contributed by atoms with Crippen molar-refractivity contribution in [2.24, 2.45) is 0 Å². The van der Waals surface area contributed by atoms with Gasteiger partial charge in [-0.3, -0.25) is 0 Å². The van der Waals surface area contributed by atoms with Gasteiger partial charge in [-0.15, -0.1) is 0 Å². The van der Waals surface area contributed by atoms with E-state index in [9.17, 15) is 9.18 Å². The van der Waals surface area contributed by atoms with Gasteiger partial charge in [0.15, 0.2) is 0 Å². The molecule has 0 heterocycles. The summed E-state index contributed by atoms with van der Waals surface area (Å²) in [5.74, 6) is -0.806. The number of halogens is 2. The second kappa shape index (κ2) is 5.96. The van der Waals surface area contributed by atoms with Gasteiger partial charge in [0, 0.05) is 4.47 Å². The summed E-state index contributed by atoms with van der Waals surface area (Å²) in [5.41, 5.74) is 0.529. The maximum Gasteiger partial charge on any atom is 0.327 e. The van der Waals surface area contributed by atoms with E-state index in [2.05, 4.69) is 21.2 Å². The number of carbonyl (C=O) groups is 1. The first-order valence-corrected chi connectivity index (χ1v) is 5.68. The molecule has 0 aliphatic carbocycles. The fourth-order valence-electron chi connectivity index (χ4n) is 1.36. The van der Waals surface area contributed by atoms with Crippen LogP contribution in [0.15, 0.2) is 22.7 Å². The molecule has 1 atom stereocenters. The van der Waals surface area contributed by atoms with Gasteiger partial charge in [-0.05, 0) is 37.7 Å². The Morgan fingerprint density at radius 3 is 2.88 bits per heavy atom. The third-order valence-corrected chi connectivity index (χ3v) is 2.80. The van der Waals surface area contributed by atoms with Crippen molar-refractivity contribution in [3.63, 3.8) is 0 Å². The first-order chi connectivity index (χ1) is 7.60. The summed E-state index contributed by atoms with van der Waals surface area (Å²) in [6.45, 7) is 2.02. The van der Waals surface area contributed by atoms with Crippen molar-refractivity contribution in [3.05, 3.63) is 34.1 Å². The number of benzene rings is 1. The smallest absolute Gasteiger partial charge is 0.327 e. The number of nitrogens with one attached hydrogen (secondary N) is 1. The Hall–Kier alpha value is -0.940. The van der Waals surface area contributed by atoms with Gasteiger partial charge in [-0.1, -0.05) is 15.9 Å². The predicted octanol–water partition coefficient (Wildman–Crippen LogP) is 2.41. The lowest BCUT2D eigenvalue weighted by molar-refractivity contribution is -0.145. The second-order valence-electron chi connectivity index (χ2n) is 3.14. The fourth-order valence-corrected chi connectivity index (χ4v) is 1.84. The van der Waals surface area contributed by atoms with Gasteiger partial charge in [-0.25, -0.2) is 9.18 Å². The average molecular weight is 290 g/mol. The minimum atomic E-state index is -0.662. The van der Waals surface area contributed by atoms with E-state index in [0.717, 1.165) is 0 Å². The van der Waals surface area contributed by atoms with Crippen LogP contribution >= 0.6 is 15.9 Å². The lowest BCUT2D eigenvalue weighted by Crippen LogP contribution is -2.27. The van der Waals surface area contributed by atoms with E-state index in [1.54, 1.807) is 20.0 Å². The van der Waals surface area contributed by atoms with Gasteiger partial charge in [0.05, 0.1) is 6.61 Å². The summed E-state index contributed by atoms with van der Waals surface area (Å²) in [4.78, 5) is 11.6. The first kappa shape index (κ1) is 13.1. The molecule has 1 N–H and O–H groups in total. The molecule has 1 aromatic carbocycles. The number of likely N-dealkylation sites (N-methyl/N-ethyl adjacent to an activating group) is 1. The highest BCUT2D eigenvalue weighted by Gasteiger charge is 2.22. The molecule has 3 nitrogen and oxygen atoms in total. The average Bonchev–Trinajstić information content (AvgIpc) is 2.24. The zero-order chi connectivity index (χ0) is 12.1. The number of hydrogen-bond donors (Lipinski definition) is 1. The summed E-state index contributed by atoms with van der Waals surface area (Å²) in [5, 5.41) is 2.80. The predicted molar refractivity (Wildman–Crippen MR) is 62.5 cm³/mol. The Kier molecular flexibility index (Phi) is 4.89. The lowest BCUT2D eigenvalue weighted by Gasteiger charge is -2.16. The SMILES string of the molecule is CCOC(=O)C(NC)c1cc(F)ccc1Br. The number of rotatable bonds is 4. The van der Waals surface area contributed by atoms with Gasteiger partial charge in [0.2, 0.25) is 0 Å². The summed E-state index contributed by atoms with van der Waals surface area (Å²) in [6, 6.07) is 3.53. The molecule has 0 fully saturated rings. The zero-order valence-corrected chi connectivity index (χ0v) is 10.7. The molecule has 88 valence electrons. The zero-order valence-electron chi connectivity index (χ0n) is 9.09. The van der Waals surface area contributed by atoms with Crippen LogP contribution < -0.4 is 5.32 Å². The monoisotopic (exact) mass is 289 g/mol. The second-order valence-corrected chi connectivity index (χ2v) is 3.99. The molecule has 0 saturated carbocycles. The van der Waals surface area contributed by atoms with Crippen molar-refractivity contribution in [2.75, 3.05) is 13.7 Å². The quantitative estimate of drug-likeness (QED) is 0.865. The van der Waals surface area contributed by atoms with Crippen LogP contribution in [0.5, 0.6) is 0 Å². The number of carbonyl (C=O) groups excluding carboxylic acids is 1. The van der Waals surface area contributed by atoms with Crippen molar-refractivity contribution < 1.29 is 13.9 Å². The topological polar surface area (TPSA) is 38.3 Å². The van der Waals surface area contributed by atoms with E-state index >= 15 is 0 Å². The number of hydrogen-bond acceptors (Lipinski definition) is 3. The van der Waals surface area contributed by atoms with E-state index in [1.807, 2.05) is 0 Å². The molecule has 1 unspecified atom stereocenters. The molecule has 0 spiro atoms. The molecule has 0 bridgehead atoms. The molecule has 0 aliphatic rings. The fraction of sp³-hybridized carbons (Fsp3) is 0.364. The maximum atomic E-state index is 13.1. The minimum Gasteiger partial charge on any atom is -0.465 e. The highest BCUT2D eigenvalue weighted by Crippen LogP contribution is 2.25. The van der Waals surface area contributed by atoms with Crippen molar-refractivity contribution in [1.82, 2.24) is 5.32 Å². The van der Waals surface area contributed by atoms with Crippen molar-refractivity contribution in [3.8, 4) is 0 Å². The van der Waals surface area contributed by atoms with Crippen molar-refractivity contribution >= 4 is 21.9 Å². The minimum absolute atomic E-state index is 0.296. The van der Waals surface area contributed by atoms with Gasteiger partial charge in [0.1, 0.15) is 11.9 Å². The van der Waals surface area contributed by atoms with Crippen LogP contribution in [0.1, 0.15) is 18.5 Å². The van der Waals surface area contributed by atoms with Crippen LogP contribution in [-0.2, 0) is 9.53 Å². The van der Waals surface area contributed by atoms with Gasteiger partial charge in [-0.2, -0.15) is 0 Å². The largest absolute Gasteiger partial charge is 0.465 e. The molecule has 0 aliphatic heterocycles. The lowest BCUT2D eigenvalue weighted by atomic mass is 10.1. The molecule has 5 heteroatoms. The van der Waals surface area contributed by atoms with Crippen LogP contribution in [0, 0.1) is 5.82 Å². The Morgan fingerprint density at radius 1 is 1.62 bits per heavy atom. The van der Waals surface area contributed by atoms with Crippen LogP contribution in [0.25, 0.3) is 0 Å². The summed E-state index contributed by atoms with van der Waals surface area (Å²) in [7, 11) is 1.62. The molecule has 1 rings (SSSR count). The Bertz CT molecular complexity index is 384. The van der Waals surface area contributed by atoms with Gasteiger partial charge < -0.3 is 10.1 Å². The Labute approximate surface area is 102 Å². The van der Waals surface area contributed by atoms with Crippen molar-refractivity contribution in [1.29, 1.82) is 0 Å². The first-order valence-electron chi connectivity index (χ1n) is 4.89. The highest BCUT2D eigenvalue weighted by atomic mass is 79.9. The number of esters is 1. The van der Waals surface area contributed by atoms with E-state index in [4.69, 9.17) is 4.74 Å². The molecule has 0 saturated heterocycles. The van der Waals surface area contributed by atoms with E-state index < -0.39 is 12.0 Å². The van der Waals surface area contributed by atoms with Crippen LogP contribution in [0.2, 0.25) is 0 Å². The molecule has 0 aromatic heterocycles. The van der Waals surface area contributed by atoms with Gasteiger partial charge in [0.25, 0.3) is 0 Å². The normalized spacial score (nSPS) is 12.2. The van der Waals surface area contributed by atoms with E-state index in [0.29, 0.717) is 16.6 Å². The Morgan fingerprint density at radius 2 is 2.31 bits per heavy atom. The maximum absolute atomic E-state index is 13.1. The molecule has 0 amide bonds. The highest BCUT2D eigenvalue weighted by molar-refractivity contribution is 9.10. The Balaban J connectivity index is 3.03. The number of ether oxygens (including phenoxy) is 1. The molecule has 16 heavy (non-hydrogen) atoms. The standard InChI is InChI=1S/C11H13BrFNO2/c1-3-16-11(15)10(14-2)8-6-7(13)4-5-9(8)12/h4-6,10,14H,3H2,1-2H3.